The number of urea groups is 1. The summed E-state index contributed by atoms with van der Waals surface area (Å²) < 4.78 is 0. The number of carbonyl (C=O) groups excluding carboxylic acids is 3. The Kier molecular flexibility index (Phi) is 5.34. The van der Waals surface area contributed by atoms with Gasteiger partial charge in [-0.25, -0.2) is 4.79 Å². The second-order valence-electron chi connectivity index (χ2n) is 9.31. The van der Waals surface area contributed by atoms with Gasteiger partial charge in [-0.3, -0.25) is 19.4 Å². The van der Waals surface area contributed by atoms with Crippen LogP contribution in [0.1, 0.15) is 17.9 Å². The Bertz CT molecular complexity index is 1280. The summed E-state index contributed by atoms with van der Waals surface area (Å²) in [5.41, 5.74) is 3.69. The van der Waals surface area contributed by atoms with Gasteiger partial charge in [0.15, 0.2) is 0 Å². The lowest BCUT2D eigenvalue weighted by Crippen LogP contribution is -2.61. The molecule has 0 bridgehead atoms. The first kappa shape index (κ1) is 21.6. The van der Waals surface area contributed by atoms with E-state index in [-0.39, 0.29) is 29.8 Å². The molecule has 176 valence electrons. The second kappa shape index (κ2) is 8.67. The molecule has 0 radical (unpaired) electrons. The minimum atomic E-state index is -0.770. The summed E-state index contributed by atoms with van der Waals surface area (Å²) in [7, 11) is 0. The zero-order valence-corrected chi connectivity index (χ0v) is 19.1. The van der Waals surface area contributed by atoms with E-state index < -0.39 is 12.1 Å². The van der Waals surface area contributed by atoms with Gasteiger partial charge in [0.2, 0.25) is 5.91 Å². The molecule has 3 aliphatic rings. The maximum Gasteiger partial charge on any atom is 0.328 e. The molecule has 1 saturated carbocycles. The number of nitrogens with zero attached hydrogens (tertiary/aromatic N) is 2. The van der Waals surface area contributed by atoms with Crippen LogP contribution in [0.15, 0.2) is 84.9 Å². The monoisotopic (exact) mass is 466 g/mol. The molecule has 35 heavy (non-hydrogen) atoms. The third-order valence-corrected chi connectivity index (χ3v) is 7.18. The van der Waals surface area contributed by atoms with Crippen LogP contribution >= 0.6 is 0 Å². The Hall–Kier alpha value is -3.97. The molecule has 7 heteroatoms. The summed E-state index contributed by atoms with van der Waals surface area (Å²) in [5.74, 6) is -0.361. The molecule has 3 fully saturated rings. The van der Waals surface area contributed by atoms with Crippen molar-refractivity contribution in [3.8, 4) is 11.1 Å². The SMILES string of the molecule is O=C(Nc1ccccc1-c1ccccc1)C1CNCC2C(=O)N(C3CC3c3ccccc3)C(=O)N12. The largest absolute Gasteiger partial charge is 0.328 e. The Labute approximate surface area is 203 Å². The standard InChI is InChI=1S/C28H26N4O3/c33-26(30-22-14-8-7-13-20(22)18-9-3-1-4-10-18)24-16-29-17-25-27(34)32(28(35)31(24)25)23-15-21(23)19-11-5-2-6-12-19/h1-14,21,23-25,29H,15-17H2,(H,30,33). The predicted molar refractivity (Wildman–Crippen MR) is 133 cm³/mol. The van der Waals surface area contributed by atoms with Gasteiger partial charge in [0.1, 0.15) is 12.1 Å². The smallest absolute Gasteiger partial charge is 0.324 e. The summed E-state index contributed by atoms with van der Waals surface area (Å²) >= 11 is 0. The lowest BCUT2D eigenvalue weighted by molar-refractivity contribution is -0.130. The van der Waals surface area contributed by atoms with Crippen molar-refractivity contribution < 1.29 is 14.4 Å². The van der Waals surface area contributed by atoms with Crippen molar-refractivity contribution in [1.82, 2.24) is 15.1 Å². The van der Waals surface area contributed by atoms with E-state index in [1.165, 1.54) is 9.80 Å². The molecule has 4 amide bonds. The normalized spacial score (nSPS) is 25.4. The minimum Gasteiger partial charge on any atom is -0.324 e. The summed E-state index contributed by atoms with van der Waals surface area (Å²) in [5, 5.41) is 6.21. The minimum absolute atomic E-state index is 0.148. The summed E-state index contributed by atoms with van der Waals surface area (Å²) in [6.07, 6.45) is 0.761. The van der Waals surface area contributed by atoms with Crippen LogP contribution < -0.4 is 10.6 Å². The number of para-hydroxylation sites is 1. The third kappa shape index (κ3) is 3.78. The van der Waals surface area contributed by atoms with E-state index in [9.17, 15) is 14.4 Å². The Morgan fingerprint density at radius 3 is 2.31 bits per heavy atom. The summed E-state index contributed by atoms with van der Waals surface area (Å²) in [4.78, 5) is 43.1. The van der Waals surface area contributed by atoms with Crippen molar-refractivity contribution in [2.45, 2.75) is 30.5 Å². The maximum atomic E-state index is 13.5. The number of carbonyl (C=O) groups is 3. The van der Waals surface area contributed by atoms with Gasteiger partial charge in [0.05, 0.1) is 0 Å². The molecule has 6 rings (SSSR count). The number of rotatable bonds is 5. The van der Waals surface area contributed by atoms with Crippen LogP contribution in [0.5, 0.6) is 0 Å². The molecule has 2 aliphatic heterocycles. The zero-order valence-electron chi connectivity index (χ0n) is 19.1. The molecule has 0 spiro atoms. The molecule has 4 atom stereocenters. The van der Waals surface area contributed by atoms with Crippen LogP contribution in [0.25, 0.3) is 11.1 Å². The number of imide groups is 1. The fraction of sp³-hybridized carbons (Fsp3) is 0.250. The number of nitrogens with one attached hydrogen (secondary N) is 2. The van der Waals surface area contributed by atoms with Crippen molar-refractivity contribution in [3.63, 3.8) is 0 Å². The highest BCUT2D eigenvalue weighted by atomic mass is 16.2. The molecule has 2 N–H and O–H groups in total. The van der Waals surface area contributed by atoms with Crippen LogP contribution in [-0.4, -0.2) is 58.9 Å². The van der Waals surface area contributed by atoms with E-state index in [1.54, 1.807) is 0 Å². The quantitative estimate of drug-likeness (QED) is 0.565. The zero-order chi connectivity index (χ0) is 23.9. The average Bonchev–Trinajstić information content (AvgIpc) is 3.65. The van der Waals surface area contributed by atoms with E-state index in [0.717, 1.165) is 23.1 Å². The van der Waals surface area contributed by atoms with Crippen molar-refractivity contribution in [1.29, 1.82) is 0 Å². The molecule has 1 aliphatic carbocycles. The fourth-order valence-electron chi connectivity index (χ4n) is 5.35. The lowest BCUT2D eigenvalue weighted by Gasteiger charge is -2.35. The van der Waals surface area contributed by atoms with Crippen LogP contribution in [0.4, 0.5) is 10.5 Å². The van der Waals surface area contributed by atoms with Crippen LogP contribution in [0, 0.1) is 0 Å². The Morgan fingerprint density at radius 2 is 1.54 bits per heavy atom. The van der Waals surface area contributed by atoms with E-state index in [1.807, 2.05) is 84.9 Å². The van der Waals surface area contributed by atoms with Gasteiger partial charge in [0.25, 0.3) is 5.91 Å². The first-order valence-electron chi connectivity index (χ1n) is 12.0. The highest BCUT2D eigenvalue weighted by Crippen LogP contribution is 2.47. The second-order valence-corrected chi connectivity index (χ2v) is 9.31. The van der Waals surface area contributed by atoms with E-state index in [0.29, 0.717) is 18.8 Å². The van der Waals surface area contributed by atoms with Crippen LogP contribution in [0.3, 0.4) is 0 Å². The molecule has 7 nitrogen and oxygen atoms in total. The first-order valence-corrected chi connectivity index (χ1v) is 12.0. The van der Waals surface area contributed by atoms with Gasteiger partial charge < -0.3 is 10.6 Å². The molecule has 2 saturated heterocycles. The number of fused-ring (bicyclic) bond motifs is 1. The third-order valence-electron chi connectivity index (χ3n) is 7.18. The highest BCUT2D eigenvalue weighted by Gasteiger charge is 2.58. The van der Waals surface area contributed by atoms with Crippen molar-refractivity contribution in [3.05, 3.63) is 90.5 Å². The van der Waals surface area contributed by atoms with Crippen molar-refractivity contribution >= 4 is 23.5 Å². The van der Waals surface area contributed by atoms with E-state index in [4.69, 9.17) is 0 Å². The number of anilines is 1. The van der Waals surface area contributed by atoms with Crippen LogP contribution in [0.2, 0.25) is 0 Å². The average molecular weight is 467 g/mol. The van der Waals surface area contributed by atoms with Gasteiger partial charge >= 0.3 is 6.03 Å². The van der Waals surface area contributed by atoms with Gasteiger partial charge in [-0.05, 0) is 23.6 Å². The lowest BCUT2D eigenvalue weighted by atomic mass is 10.0. The topological polar surface area (TPSA) is 81.8 Å². The molecular weight excluding hydrogens is 440 g/mol. The number of hydrogen-bond acceptors (Lipinski definition) is 4. The van der Waals surface area contributed by atoms with Gasteiger partial charge in [0, 0.05) is 36.3 Å². The first-order chi connectivity index (χ1) is 17.1. The molecule has 3 aromatic rings. The Balaban J connectivity index is 1.23. The molecule has 2 heterocycles. The summed E-state index contributed by atoms with van der Waals surface area (Å²) in [6, 6.07) is 25.5. The number of amides is 4. The Morgan fingerprint density at radius 1 is 0.857 bits per heavy atom. The van der Waals surface area contributed by atoms with Crippen molar-refractivity contribution in [2.75, 3.05) is 18.4 Å². The van der Waals surface area contributed by atoms with Crippen molar-refractivity contribution in [2.24, 2.45) is 0 Å². The highest BCUT2D eigenvalue weighted by molar-refractivity contribution is 6.09. The summed E-state index contributed by atoms with van der Waals surface area (Å²) in [6.45, 7) is 0.656. The molecule has 3 aromatic carbocycles. The molecular formula is C28H26N4O3. The number of piperazine rings is 1. The number of hydrogen-bond donors (Lipinski definition) is 2. The molecule has 0 aromatic heterocycles. The fourth-order valence-corrected chi connectivity index (χ4v) is 5.35. The van der Waals surface area contributed by atoms with Gasteiger partial charge in [-0.2, -0.15) is 0 Å². The predicted octanol–water partition coefficient (Wildman–Crippen LogP) is 3.45. The molecule has 4 unspecified atom stereocenters. The van der Waals surface area contributed by atoms with Gasteiger partial charge in [-0.1, -0.05) is 78.9 Å². The number of benzene rings is 3. The van der Waals surface area contributed by atoms with E-state index >= 15 is 0 Å². The van der Waals surface area contributed by atoms with Crippen LogP contribution in [-0.2, 0) is 9.59 Å². The van der Waals surface area contributed by atoms with Gasteiger partial charge in [-0.15, -0.1) is 0 Å². The van der Waals surface area contributed by atoms with E-state index in [2.05, 4.69) is 10.6 Å². The maximum absolute atomic E-state index is 13.5.